The van der Waals surface area contributed by atoms with Crippen LogP contribution < -0.4 is 5.32 Å². The summed E-state index contributed by atoms with van der Waals surface area (Å²) in [6, 6.07) is 8.82. The van der Waals surface area contributed by atoms with Crippen LogP contribution in [0.3, 0.4) is 0 Å². The van der Waals surface area contributed by atoms with Gasteiger partial charge >= 0.3 is 0 Å². The van der Waals surface area contributed by atoms with Crippen molar-refractivity contribution < 1.29 is 4.39 Å². The number of aromatic nitrogens is 1. The van der Waals surface area contributed by atoms with Gasteiger partial charge in [-0.05, 0) is 48.7 Å². The van der Waals surface area contributed by atoms with Crippen molar-refractivity contribution in [2.24, 2.45) is 0 Å². The van der Waals surface area contributed by atoms with Crippen molar-refractivity contribution in [3.8, 4) is 0 Å². The molecule has 0 bridgehead atoms. The Bertz CT molecular complexity index is 523. The molecule has 0 aliphatic heterocycles. The van der Waals surface area contributed by atoms with Crippen LogP contribution in [-0.4, -0.2) is 11.5 Å². The van der Waals surface area contributed by atoms with Crippen molar-refractivity contribution in [3.05, 3.63) is 65.2 Å². The van der Waals surface area contributed by atoms with Gasteiger partial charge in [-0.3, -0.25) is 4.98 Å². The molecule has 0 fully saturated rings. The molecule has 2 nitrogen and oxygen atoms in total. The number of benzene rings is 1. The maximum atomic E-state index is 13.0. The molecule has 1 aromatic heterocycles. The number of aryl methyl sites for hydroxylation is 1. The molecule has 0 aliphatic rings. The first-order valence-corrected chi connectivity index (χ1v) is 6.61. The molecule has 1 aromatic carbocycles. The van der Waals surface area contributed by atoms with Gasteiger partial charge in [0.25, 0.3) is 0 Å². The Morgan fingerprint density at radius 3 is 2.53 bits per heavy atom. The highest BCUT2D eigenvalue weighted by Crippen LogP contribution is 2.22. The number of pyridine rings is 1. The Hall–Kier alpha value is -1.74. The van der Waals surface area contributed by atoms with Gasteiger partial charge in [-0.25, -0.2) is 4.39 Å². The molecule has 3 heteroatoms. The molecule has 1 atom stereocenters. The normalized spacial score (nSPS) is 12.4. The molecule has 0 saturated heterocycles. The summed E-state index contributed by atoms with van der Waals surface area (Å²) in [4.78, 5) is 4.24. The molecule has 1 heterocycles. The summed E-state index contributed by atoms with van der Waals surface area (Å²) < 4.78 is 13.0. The molecule has 0 saturated carbocycles. The highest BCUT2D eigenvalue weighted by Gasteiger charge is 2.13. The molecule has 0 aliphatic carbocycles. The molecule has 1 N–H and O–H groups in total. The molecular formula is C16H19FN2. The summed E-state index contributed by atoms with van der Waals surface area (Å²) in [6.07, 6.45) is 4.76. The van der Waals surface area contributed by atoms with Crippen LogP contribution in [0, 0.1) is 12.7 Å². The number of halogens is 1. The molecule has 1 unspecified atom stereocenters. The summed E-state index contributed by atoms with van der Waals surface area (Å²) in [7, 11) is 0. The van der Waals surface area contributed by atoms with Crippen LogP contribution in [0.4, 0.5) is 4.39 Å². The smallest absolute Gasteiger partial charge is 0.123 e. The Morgan fingerprint density at radius 2 is 1.89 bits per heavy atom. The Labute approximate surface area is 113 Å². The predicted octanol–water partition coefficient (Wildman–Crippen LogP) is 3.62. The van der Waals surface area contributed by atoms with Crippen LogP contribution in [0.5, 0.6) is 0 Å². The fourth-order valence-corrected chi connectivity index (χ4v) is 2.11. The van der Waals surface area contributed by atoms with E-state index in [0.717, 1.165) is 29.7 Å². The Morgan fingerprint density at radius 1 is 1.16 bits per heavy atom. The third-order valence-electron chi connectivity index (χ3n) is 3.03. The lowest BCUT2D eigenvalue weighted by Crippen LogP contribution is -2.23. The Kier molecular flexibility index (Phi) is 4.63. The lowest BCUT2D eigenvalue weighted by Gasteiger charge is -2.19. The lowest BCUT2D eigenvalue weighted by atomic mass is 9.99. The zero-order valence-electron chi connectivity index (χ0n) is 11.4. The summed E-state index contributed by atoms with van der Waals surface area (Å²) in [6.45, 7) is 5.07. The zero-order valence-corrected chi connectivity index (χ0v) is 11.4. The van der Waals surface area contributed by atoms with Crippen LogP contribution in [0.2, 0.25) is 0 Å². The third-order valence-corrected chi connectivity index (χ3v) is 3.03. The second-order valence-electron chi connectivity index (χ2n) is 4.73. The largest absolute Gasteiger partial charge is 0.306 e. The van der Waals surface area contributed by atoms with E-state index in [0.29, 0.717) is 0 Å². The van der Waals surface area contributed by atoms with Gasteiger partial charge in [-0.1, -0.05) is 25.1 Å². The standard InChI is InChI=1S/C16H19FN2/c1-3-8-19-16(13-4-6-15(17)7-5-13)14-9-12(2)10-18-11-14/h4-7,9-11,16,19H,3,8H2,1-2H3. The SMILES string of the molecule is CCCNC(c1ccc(F)cc1)c1cncc(C)c1. The summed E-state index contributed by atoms with van der Waals surface area (Å²) >= 11 is 0. The van der Waals surface area contributed by atoms with Crippen LogP contribution in [0.25, 0.3) is 0 Å². The number of hydrogen-bond acceptors (Lipinski definition) is 2. The van der Waals surface area contributed by atoms with E-state index < -0.39 is 0 Å². The van der Waals surface area contributed by atoms with Gasteiger partial charge in [-0.2, -0.15) is 0 Å². The van der Waals surface area contributed by atoms with Gasteiger partial charge in [0.1, 0.15) is 5.82 Å². The Balaban J connectivity index is 2.32. The van der Waals surface area contributed by atoms with Crippen LogP contribution in [0.1, 0.15) is 36.1 Å². The second-order valence-corrected chi connectivity index (χ2v) is 4.73. The van der Waals surface area contributed by atoms with Crippen molar-refractivity contribution in [1.82, 2.24) is 10.3 Å². The van der Waals surface area contributed by atoms with E-state index in [2.05, 4.69) is 23.3 Å². The predicted molar refractivity (Wildman–Crippen MR) is 75.5 cm³/mol. The number of nitrogens with one attached hydrogen (secondary N) is 1. The monoisotopic (exact) mass is 258 g/mol. The number of rotatable bonds is 5. The lowest BCUT2D eigenvalue weighted by molar-refractivity contribution is 0.591. The minimum Gasteiger partial charge on any atom is -0.306 e. The first-order chi connectivity index (χ1) is 9.20. The first-order valence-electron chi connectivity index (χ1n) is 6.61. The molecule has 19 heavy (non-hydrogen) atoms. The molecule has 2 aromatic rings. The van der Waals surface area contributed by atoms with E-state index in [4.69, 9.17) is 0 Å². The summed E-state index contributed by atoms with van der Waals surface area (Å²) in [5, 5.41) is 3.49. The maximum Gasteiger partial charge on any atom is 0.123 e. The van der Waals surface area contributed by atoms with Crippen molar-refractivity contribution in [1.29, 1.82) is 0 Å². The van der Waals surface area contributed by atoms with Crippen molar-refractivity contribution >= 4 is 0 Å². The highest BCUT2D eigenvalue weighted by atomic mass is 19.1. The van der Waals surface area contributed by atoms with Gasteiger partial charge in [-0.15, -0.1) is 0 Å². The minimum absolute atomic E-state index is 0.0629. The quantitative estimate of drug-likeness (QED) is 0.886. The molecular weight excluding hydrogens is 239 g/mol. The van der Waals surface area contributed by atoms with E-state index in [1.807, 2.05) is 31.5 Å². The maximum absolute atomic E-state index is 13.0. The molecule has 0 amide bonds. The first kappa shape index (κ1) is 13.7. The fourth-order valence-electron chi connectivity index (χ4n) is 2.11. The molecule has 100 valence electrons. The van der Waals surface area contributed by atoms with Crippen LogP contribution in [0.15, 0.2) is 42.7 Å². The van der Waals surface area contributed by atoms with E-state index in [1.54, 1.807) is 0 Å². The highest BCUT2D eigenvalue weighted by molar-refractivity contribution is 5.32. The molecule has 2 rings (SSSR count). The minimum atomic E-state index is -0.208. The van der Waals surface area contributed by atoms with Gasteiger partial charge in [0, 0.05) is 12.4 Å². The van der Waals surface area contributed by atoms with E-state index in [9.17, 15) is 4.39 Å². The summed E-state index contributed by atoms with van der Waals surface area (Å²) in [5.74, 6) is -0.208. The van der Waals surface area contributed by atoms with Crippen molar-refractivity contribution in [2.75, 3.05) is 6.54 Å². The van der Waals surface area contributed by atoms with Crippen LogP contribution >= 0.6 is 0 Å². The number of nitrogens with zero attached hydrogens (tertiary/aromatic N) is 1. The average molecular weight is 258 g/mol. The van der Waals surface area contributed by atoms with Gasteiger partial charge < -0.3 is 5.32 Å². The van der Waals surface area contributed by atoms with Crippen molar-refractivity contribution in [3.63, 3.8) is 0 Å². The molecule has 0 spiro atoms. The second kappa shape index (κ2) is 6.43. The zero-order chi connectivity index (χ0) is 13.7. The fraction of sp³-hybridized carbons (Fsp3) is 0.312. The van der Waals surface area contributed by atoms with Crippen LogP contribution in [-0.2, 0) is 0 Å². The third kappa shape index (κ3) is 3.61. The van der Waals surface area contributed by atoms with Gasteiger partial charge in [0.2, 0.25) is 0 Å². The van der Waals surface area contributed by atoms with Gasteiger partial charge in [0.15, 0.2) is 0 Å². The van der Waals surface area contributed by atoms with E-state index in [1.165, 1.54) is 12.1 Å². The van der Waals surface area contributed by atoms with Gasteiger partial charge in [0.05, 0.1) is 6.04 Å². The summed E-state index contributed by atoms with van der Waals surface area (Å²) in [5.41, 5.74) is 3.30. The van der Waals surface area contributed by atoms with E-state index in [-0.39, 0.29) is 11.9 Å². The van der Waals surface area contributed by atoms with Crippen molar-refractivity contribution in [2.45, 2.75) is 26.3 Å². The number of hydrogen-bond donors (Lipinski definition) is 1. The average Bonchev–Trinajstić information content (AvgIpc) is 2.41. The van der Waals surface area contributed by atoms with E-state index >= 15 is 0 Å². The topological polar surface area (TPSA) is 24.9 Å². The molecule has 0 radical (unpaired) electrons.